The molecule has 0 saturated heterocycles. The van der Waals surface area contributed by atoms with E-state index >= 15 is 0 Å². The van der Waals surface area contributed by atoms with Crippen molar-refractivity contribution in [3.05, 3.63) is 70.3 Å². The number of nitrogens with one attached hydrogen (secondary N) is 1. The summed E-state index contributed by atoms with van der Waals surface area (Å²) in [6.45, 7) is 3.85. The molecule has 0 saturated carbocycles. The molecular weight excluding hydrogens is 244 g/mol. The van der Waals surface area contributed by atoms with E-state index in [9.17, 15) is 8.78 Å². The van der Waals surface area contributed by atoms with Gasteiger partial charge < -0.3 is 5.32 Å². The average molecular weight is 261 g/mol. The average Bonchev–Trinajstić information content (AvgIpc) is 2.38. The number of halogens is 2. The number of benzene rings is 2. The molecule has 0 aliphatic carbocycles. The van der Waals surface area contributed by atoms with Gasteiger partial charge in [-0.1, -0.05) is 12.1 Å². The lowest BCUT2D eigenvalue weighted by atomic mass is 9.92. The van der Waals surface area contributed by atoms with Crippen LogP contribution in [0.25, 0.3) is 0 Å². The van der Waals surface area contributed by atoms with Crippen LogP contribution in [0.1, 0.15) is 28.3 Å². The number of aryl methyl sites for hydroxylation is 2. The molecule has 0 aliphatic heterocycles. The first-order valence-electron chi connectivity index (χ1n) is 6.22. The topological polar surface area (TPSA) is 12.0 Å². The molecule has 100 valence electrons. The largest absolute Gasteiger partial charge is 0.309 e. The first kappa shape index (κ1) is 13.7. The highest BCUT2D eigenvalue weighted by Crippen LogP contribution is 2.28. The molecule has 0 atom stereocenters. The van der Waals surface area contributed by atoms with Crippen molar-refractivity contribution in [2.75, 3.05) is 7.05 Å². The summed E-state index contributed by atoms with van der Waals surface area (Å²) in [6, 6.07) is 9.13. The van der Waals surface area contributed by atoms with E-state index in [0.29, 0.717) is 0 Å². The maximum Gasteiger partial charge on any atom is 0.123 e. The van der Waals surface area contributed by atoms with Crippen molar-refractivity contribution in [2.45, 2.75) is 19.9 Å². The van der Waals surface area contributed by atoms with Gasteiger partial charge in [-0.25, -0.2) is 8.78 Å². The molecule has 19 heavy (non-hydrogen) atoms. The van der Waals surface area contributed by atoms with Crippen LogP contribution >= 0.6 is 0 Å². The minimum absolute atomic E-state index is 0.216. The summed E-state index contributed by atoms with van der Waals surface area (Å²) >= 11 is 0. The van der Waals surface area contributed by atoms with Crippen LogP contribution in [0.2, 0.25) is 0 Å². The zero-order valence-corrected chi connectivity index (χ0v) is 11.3. The Kier molecular flexibility index (Phi) is 3.96. The Bertz CT molecular complexity index is 542. The third-order valence-corrected chi connectivity index (χ3v) is 3.39. The van der Waals surface area contributed by atoms with Crippen LogP contribution in [-0.2, 0) is 0 Å². The van der Waals surface area contributed by atoms with Gasteiger partial charge in [-0.2, -0.15) is 0 Å². The van der Waals surface area contributed by atoms with E-state index in [0.717, 1.165) is 22.3 Å². The molecule has 0 radical (unpaired) electrons. The van der Waals surface area contributed by atoms with Crippen molar-refractivity contribution in [2.24, 2.45) is 0 Å². The molecule has 0 bridgehead atoms. The molecule has 1 nitrogen and oxygen atoms in total. The summed E-state index contributed by atoms with van der Waals surface area (Å²) in [4.78, 5) is 0. The molecule has 0 spiro atoms. The van der Waals surface area contributed by atoms with Crippen LogP contribution in [0.15, 0.2) is 36.4 Å². The van der Waals surface area contributed by atoms with Gasteiger partial charge in [-0.05, 0) is 67.4 Å². The van der Waals surface area contributed by atoms with Crippen LogP contribution < -0.4 is 5.32 Å². The Morgan fingerprint density at radius 1 is 0.842 bits per heavy atom. The van der Waals surface area contributed by atoms with Gasteiger partial charge in [0.25, 0.3) is 0 Å². The van der Waals surface area contributed by atoms with Crippen molar-refractivity contribution in [3.8, 4) is 0 Å². The molecule has 0 heterocycles. The molecular formula is C16H17F2N. The Balaban J connectivity index is 2.55. The molecule has 0 aromatic heterocycles. The number of hydrogen-bond acceptors (Lipinski definition) is 1. The highest BCUT2D eigenvalue weighted by atomic mass is 19.1. The van der Waals surface area contributed by atoms with Gasteiger partial charge in [0, 0.05) is 0 Å². The smallest absolute Gasteiger partial charge is 0.123 e. The normalized spacial score (nSPS) is 11.1. The second-order valence-electron chi connectivity index (χ2n) is 4.72. The summed E-state index contributed by atoms with van der Waals surface area (Å²) in [5, 5.41) is 3.14. The van der Waals surface area contributed by atoms with Crippen LogP contribution in [0, 0.1) is 25.5 Å². The minimum Gasteiger partial charge on any atom is -0.309 e. The molecule has 2 rings (SSSR count). The van der Waals surface area contributed by atoms with Gasteiger partial charge >= 0.3 is 0 Å². The number of rotatable bonds is 3. The van der Waals surface area contributed by atoms with Crippen molar-refractivity contribution in [3.63, 3.8) is 0 Å². The first-order chi connectivity index (χ1) is 9.02. The molecule has 2 aromatic rings. The van der Waals surface area contributed by atoms with Crippen LogP contribution in [0.4, 0.5) is 8.78 Å². The van der Waals surface area contributed by atoms with Crippen molar-refractivity contribution in [1.29, 1.82) is 0 Å². The lowest BCUT2D eigenvalue weighted by Crippen LogP contribution is -2.20. The molecule has 0 aliphatic rings. The third kappa shape index (κ3) is 2.82. The highest BCUT2D eigenvalue weighted by Gasteiger charge is 2.17. The van der Waals surface area contributed by atoms with E-state index < -0.39 is 0 Å². The van der Waals surface area contributed by atoms with Crippen LogP contribution in [-0.4, -0.2) is 7.05 Å². The second-order valence-corrected chi connectivity index (χ2v) is 4.72. The zero-order valence-electron chi connectivity index (χ0n) is 11.3. The fourth-order valence-electron chi connectivity index (χ4n) is 2.32. The molecule has 0 fully saturated rings. The van der Waals surface area contributed by atoms with Crippen molar-refractivity contribution in [1.82, 2.24) is 5.32 Å². The predicted octanol–water partition coefficient (Wildman–Crippen LogP) is 3.89. The third-order valence-electron chi connectivity index (χ3n) is 3.39. The van der Waals surface area contributed by atoms with Gasteiger partial charge in [-0.3, -0.25) is 0 Å². The van der Waals surface area contributed by atoms with E-state index in [4.69, 9.17) is 0 Å². The molecule has 1 N–H and O–H groups in total. The van der Waals surface area contributed by atoms with Gasteiger partial charge in [-0.15, -0.1) is 0 Å². The highest BCUT2D eigenvalue weighted by molar-refractivity contribution is 5.40. The minimum atomic E-state index is -0.282. The Labute approximate surface area is 112 Å². The fraction of sp³-hybridized carbons (Fsp3) is 0.250. The summed E-state index contributed by atoms with van der Waals surface area (Å²) in [7, 11) is 1.79. The molecule has 0 amide bonds. The van der Waals surface area contributed by atoms with E-state index in [2.05, 4.69) is 5.32 Å². The van der Waals surface area contributed by atoms with Gasteiger partial charge in [0.05, 0.1) is 6.04 Å². The second kappa shape index (κ2) is 5.49. The fourth-order valence-corrected chi connectivity index (χ4v) is 2.32. The molecule has 2 aromatic carbocycles. The van der Waals surface area contributed by atoms with Gasteiger partial charge in [0.2, 0.25) is 0 Å². The quantitative estimate of drug-likeness (QED) is 0.883. The van der Waals surface area contributed by atoms with Crippen molar-refractivity contribution >= 4 is 0 Å². The van der Waals surface area contributed by atoms with Gasteiger partial charge in [0.1, 0.15) is 11.6 Å². The maximum absolute atomic E-state index is 13.4. The molecule has 3 heteroatoms. The summed E-state index contributed by atoms with van der Waals surface area (Å²) in [5.41, 5.74) is 3.61. The van der Waals surface area contributed by atoms with E-state index in [-0.39, 0.29) is 17.7 Å². The van der Waals surface area contributed by atoms with Crippen molar-refractivity contribution < 1.29 is 8.78 Å². The van der Waals surface area contributed by atoms with E-state index in [1.165, 1.54) is 24.3 Å². The monoisotopic (exact) mass is 261 g/mol. The Morgan fingerprint density at radius 2 is 1.26 bits per heavy atom. The lowest BCUT2D eigenvalue weighted by molar-refractivity contribution is 0.605. The predicted molar refractivity (Wildman–Crippen MR) is 73.2 cm³/mol. The summed E-state index contributed by atoms with van der Waals surface area (Å²) in [6.07, 6.45) is 0. The van der Waals surface area contributed by atoms with Crippen LogP contribution in [0.5, 0.6) is 0 Å². The summed E-state index contributed by atoms with van der Waals surface area (Å²) in [5.74, 6) is -0.565. The standard InChI is InChI=1S/C16H17F2N/c1-10-4-6-12(17)8-14(10)16(19-3)15-9-13(18)7-5-11(15)2/h4-9,16,19H,1-3H3. The Hall–Kier alpha value is -1.74. The zero-order chi connectivity index (χ0) is 14.0. The summed E-state index contributed by atoms with van der Waals surface area (Å²) < 4.78 is 26.9. The lowest BCUT2D eigenvalue weighted by Gasteiger charge is -2.21. The molecule has 0 unspecified atom stereocenters. The van der Waals surface area contributed by atoms with Crippen LogP contribution in [0.3, 0.4) is 0 Å². The van der Waals surface area contributed by atoms with E-state index in [1.54, 1.807) is 19.2 Å². The first-order valence-corrected chi connectivity index (χ1v) is 6.22. The van der Waals surface area contributed by atoms with Gasteiger partial charge in [0.15, 0.2) is 0 Å². The Morgan fingerprint density at radius 3 is 1.63 bits per heavy atom. The van der Waals surface area contributed by atoms with E-state index in [1.807, 2.05) is 13.8 Å². The number of hydrogen-bond donors (Lipinski definition) is 1. The SMILES string of the molecule is CNC(c1cc(F)ccc1C)c1cc(F)ccc1C. The maximum atomic E-state index is 13.4.